The third kappa shape index (κ3) is 2.17. The Morgan fingerprint density at radius 3 is 2.68 bits per heavy atom. The van der Waals surface area contributed by atoms with Gasteiger partial charge in [-0.05, 0) is 20.8 Å². The number of furan rings is 1. The van der Waals surface area contributed by atoms with E-state index < -0.39 is 0 Å². The smallest absolute Gasteiger partial charge is 0.261 e. The number of aromatic nitrogens is 2. The number of morpholine rings is 1. The molecule has 1 atom stereocenters. The van der Waals surface area contributed by atoms with E-state index in [-0.39, 0.29) is 6.04 Å². The molecule has 3 heterocycles. The molecule has 0 aliphatic carbocycles. The van der Waals surface area contributed by atoms with E-state index in [0.29, 0.717) is 18.3 Å². The van der Waals surface area contributed by atoms with E-state index in [9.17, 15) is 0 Å². The van der Waals surface area contributed by atoms with Gasteiger partial charge in [0, 0.05) is 12.1 Å². The molecule has 1 aliphatic rings. The lowest BCUT2D eigenvalue weighted by Crippen LogP contribution is -2.35. The molecule has 1 fully saturated rings. The second kappa shape index (κ2) is 4.79. The first-order chi connectivity index (χ1) is 9.16. The zero-order chi connectivity index (χ0) is 13.4. The Hall–Kier alpha value is -1.66. The topological polar surface area (TPSA) is 73.3 Å². The van der Waals surface area contributed by atoms with Crippen LogP contribution in [-0.4, -0.2) is 29.9 Å². The van der Waals surface area contributed by atoms with Gasteiger partial charge in [-0.3, -0.25) is 0 Å². The summed E-state index contributed by atoms with van der Waals surface area (Å²) >= 11 is 0. The maximum atomic E-state index is 5.59. The Labute approximate surface area is 111 Å². The first kappa shape index (κ1) is 12.4. The Kier molecular flexibility index (Phi) is 3.12. The van der Waals surface area contributed by atoms with Crippen molar-refractivity contribution in [1.29, 1.82) is 0 Å². The molecule has 1 saturated heterocycles. The van der Waals surface area contributed by atoms with Crippen LogP contribution in [0.15, 0.2) is 8.94 Å². The van der Waals surface area contributed by atoms with Crippen molar-refractivity contribution in [1.82, 2.24) is 15.5 Å². The number of hydrogen-bond acceptors (Lipinski definition) is 6. The van der Waals surface area contributed by atoms with E-state index in [0.717, 1.165) is 35.8 Å². The molecule has 3 rings (SSSR count). The molecule has 1 aliphatic heterocycles. The predicted octanol–water partition coefficient (Wildman–Crippen LogP) is 1.92. The average molecular weight is 263 g/mol. The van der Waals surface area contributed by atoms with Crippen molar-refractivity contribution >= 4 is 0 Å². The van der Waals surface area contributed by atoms with Crippen molar-refractivity contribution in [3.63, 3.8) is 0 Å². The molecule has 6 heteroatoms. The van der Waals surface area contributed by atoms with Crippen LogP contribution in [0.1, 0.15) is 29.0 Å². The first-order valence-corrected chi connectivity index (χ1v) is 6.38. The summed E-state index contributed by atoms with van der Waals surface area (Å²) in [4.78, 5) is 4.46. The van der Waals surface area contributed by atoms with Crippen LogP contribution in [0.5, 0.6) is 0 Å². The summed E-state index contributed by atoms with van der Waals surface area (Å²) in [6, 6.07) is -0.000129. The lowest BCUT2D eigenvalue weighted by molar-refractivity contribution is 0.0734. The zero-order valence-corrected chi connectivity index (χ0v) is 11.3. The van der Waals surface area contributed by atoms with E-state index >= 15 is 0 Å². The largest absolute Gasteiger partial charge is 0.466 e. The average Bonchev–Trinajstić information content (AvgIpc) is 2.97. The van der Waals surface area contributed by atoms with Crippen molar-refractivity contribution in [3.05, 3.63) is 22.9 Å². The standard InChI is InChI=1S/C13H17N3O3/c1-7-8(2)18-9(3)11(7)13-15-12(16-19-13)10-6-17-5-4-14-10/h10,14H,4-6H2,1-3H3. The van der Waals surface area contributed by atoms with Crippen LogP contribution >= 0.6 is 0 Å². The van der Waals surface area contributed by atoms with Gasteiger partial charge in [0.15, 0.2) is 5.82 Å². The molecule has 2 aromatic rings. The van der Waals surface area contributed by atoms with E-state index in [2.05, 4.69) is 15.5 Å². The zero-order valence-electron chi connectivity index (χ0n) is 11.3. The number of hydrogen-bond donors (Lipinski definition) is 1. The summed E-state index contributed by atoms with van der Waals surface area (Å²) in [5, 5.41) is 7.34. The number of rotatable bonds is 2. The number of ether oxygens (including phenoxy) is 1. The molecule has 0 radical (unpaired) electrons. The quantitative estimate of drug-likeness (QED) is 0.892. The molecule has 0 amide bonds. The number of nitrogens with zero attached hydrogens (tertiary/aromatic N) is 2. The van der Waals surface area contributed by atoms with Crippen LogP contribution in [0.4, 0.5) is 0 Å². The van der Waals surface area contributed by atoms with E-state index in [1.165, 1.54) is 0 Å². The number of nitrogens with one attached hydrogen (secondary N) is 1. The van der Waals surface area contributed by atoms with Crippen molar-refractivity contribution in [2.45, 2.75) is 26.8 Å². The third-order valence-electron chi connectivity index (χ3n) is 3.45. The predicted molar refractivity (Wildman–Crippen MR) is 67.8 cm³/mol. The van der Waals surface area contributed by atoms with Gasteiger partial charge in [-0.1, -0.05) is 5.16 Å². The Balaban J connectivity index is 1.92. The monoisotopic (exact) mass is 263 g/mol. The van der Waals surface area contributed by atoms with Crippen molar-refractivity contribution < 1.29 is 13.7 Å². The second-order valence-corrected chi connectivity index (χ2v) is 4.75. The van der Waals surface area contributed by atoms with Crippen LogP contribution in [0.3, 0.4) is 0 Å². The summed E-state index contributed by atoms with van der Waals surface area (Å²) in [5.41, 5.74) is 1.94. The maximum absolute atomic E-state index is 5.59. The molecule has 19 heavy (non-hydrogen) atoms. The molecule has 1 unspecified atom stereocenters. The van der Waals surface area contributed by atoms with Gasteiger partial charge in [0.25, 0.3) is 5.89 Å². The fourth-order valence-electron chi connectivity index (χ4n) is 2.32. The van der Waals surface area contributed by atoms with E-state index in [4.69, 9.17) is 13.7 Å². The van der Waals surface area contributed by atoms with E-state index in [1.54, 1.807) is 0 Å². The summed E-state index contributed by atoms with van der Waals surface area (Å²) in [5.74, 6) is 2.83. The lowest BCUT2D eigenvalue weighted by Gasteiger charge is -2.20. The first-order valence-electron chi connectivity index (χ1n) is 6.38. The minimum atomic E-state index is -0.000129. The summed E-state index contributed by atoms with van der Waals surface area (Å²) in [6.07, 6.45) is 0. The van der Waals surface area contributed by atoms with Gasteiger partial charge in [-0.2, -0.15) is 4.98 Å². The Morgan fingerprint density at radius 1 is 1.21 bits per heavy atom. The normalized spacial score (nSPS) is 19.8. The van der Waals surface area contributed by atoms with Crippen LogP contribution in [0.25, 0.3) is 11.5 Å². The Bertz CT molecular complexity index is 582. The molecular formula is C13H17N3O3. The minimum absolute atomic E-state index is 0.000129. The summed E-state index contributed by atoms with van der Waals surface area (Å²) < 4.78 is 16.3. The van der Waals surface area contributed by atoms with Crippen LogP contribution < -0.4 is 5.32 Å². The molecule has 0 spiro atoms. The summed E-state index contributed by atoms with van der Waals surface area (Å²) in [7, 11) is 0. The van der Waals surface area contributed by atoms with Crippen molar-refractivity contribution in [2.75, 3.05) is 19.8 Å². The molecule has 0 aromatic carbocycles. The van der Waals surface area contributed by atoms with Crippen LogP contribution in [0, 0.1) is 20.8 Å². The van der Waals surface area contributed by atoms with Gasteiger partial charge in [0.1, 0.15) is 11.5 Å². The minimum Gasteiger partial charge on any atom is -0.466 e. The fourth-order valence-corrected chi connectivity index (χ4v) is 2.32. The molecular weight excluding hydrogens is 246 g/mol. The highest BCUT2D eigenvalue weighted by Gasteiger charge is 2.24. The highest BCUT2D eigenvalue weighted by atomic mass is 16.5. The Morgan fingerprint density at radius 2 is 2.05 bits per heavy atom. The highest BCUT2D eigenvalue weighted by Crippen LogP contribution is 2.30. The molecule has 0 saturated carbocycles. The van der Waals surface area contributed by atoms with Gasteiger partial charge in [-0.25, -0.2) is 0 Å². The van der Waals surface area contributed by atoms with Crippen molar-refractivity contribution in [2.24, 2.45) is 0 Å². The molecule has 1 N–H and O–H groups in total. The lowest BCUT2D eigenvalue weighted by atomic mass is 10.1. The molecule has 6 nitrogen and oxygen atoms in total. The molecule has 0 bridgehead atoms. The van der Waals surface area contributed by atoms with Crippen LogP contribution in [0.2, 0.25) is 0 Å². The fraction of sp³-hybridized carbons (Fsp3) is 0.538. The van der Waals surface area contributed by atoms with Gasteiger partial charge in [-0.15, -0.1) is 0 Å². The maximum Gasteiger partial charge on any atom is 0.261 e. The van der Waals surface area contributed by atoms with E-state index in [1.807, 2.05) is 20.8 Å². The molecule has 2 aromatic heterocycles. The third-order valence-corrected chi connectivity index (χ3v) is 3.45. The second-order valence-electron chi connectivity index (χ2n) is 4.75. The van der Waals surface area contributed by atoms with Crippen LogP contribution in [-0.2, 0) is 4.74 Å². The van der Waals surface area contributed by atoms with Crippen molar-refractivity contribution in [3.8, 4) is 11.5 Å². The van der Waals surface area contributed by atoms with Gasteiger partial charge < -0.3 is 19.0 Å². The highest BCUT2D eigenvalue weighted by molar-refractivity contribution is 5.61. The number of aryl methyl sites for hydroxylation is 2. The van der Waals surface area contributed by atoms with Gasteiger partial charge in [0.2, 0.25) is 0 Å². The van der Waals surface area contributed by atoms with Gasteiger partial charge >= 0.3 is 0 Å². The molecule has 102 valence electrons. The van der Waals surface area contributed by atoms with Gasteiger partial charge in [0.05, 0.1) is 24.8 Å². The summed E-state index contributed by atoms with van der Waals surface area (Å²) in [6.45, 7) is 7.92. The SMILES string of the molecule is Cc1oc(C)c(-c2nc(C3COCCN3)no2)c1C.